The van der Waals surface area contributed by atoms with E-state index in [1.807, 2.05) is 14.1 Å². The molecule has 1 atom stereocenters. The number of hydrogen-bond donors (Lipinski definition) is 1. The van der Waals surface area contributed by atoms with Crippen LogP contribution in [0.25, 0.3) is 0 Å². The highest BCUT2D eigenvalue weighted by Crippen LogP contribution is 2.31. The molecule has 1 saturated heterocycles. The predicted octanol–water partition coefficient (Wildman–Crippen LogP) is 1.26. The van der Waals surface area contributed by atoms with Gasteiger partial charge in [0.2, 0.25) is 10.0 Å². The number of likely N-dealkylation sites (N-methyl/N-ethyl adjacent to an activating group) is 1. The maximum atomic E-state index is 12.8. The zero-order chi connectivity index (χ0) is 14.9. The molecule has 20 heavy (non-hydrogen) atoms. The molecule has 1 aromatic rings. The van der Waals surface area contributed by atoms with Crippen LogP contribution in [0.1, 0.15) is 23.3 Å². The van der Waals surface area contributed by atoms with Gasteiger partial charge in [-0.3, -0.25) is 0 Å². The summed E-state index contributed by atoms with van der Waals surface area (Å²) in [7, 11) is 0.462. The zero-order valence-corrected chi connectivity index (χ0v) is 13.8. The molecular weight excluding hydrogens is 296 g/mol. The maximum Gasteiger partial charge on any atom is 0.244 e. The van der Waals surface area contributed by atoms with Gasteiger partial charge in [-0.15, -0.1) is 11.3 Å². The lowest BCUT2D eigenvalue weighted by molar-refractivity contribution is 0.190. The van der Waals surface area contributed by atoms with E-state index in [0.29, 0.717) is 22.9 Å². The molecule has 0 saturated carbocycles. The van der Waals surface area contributed by atoms with Gasteiger partial charge in [0.25, 0.3) is 0 Å². The van der Waals surface area contributed by atoms with Crippen LogP contribution >= 0.6 is 11.3 Å². The van der Waals surface area contributed by atoms with Gasteiger partial charge in [0.05, 0.1) is 11.5 Å². The second-order valence-electron chi connectivity index (χ2n) is 5.45. The molecule has 0 spiro atoms. The number of nitrogens with zero attached hydrogens (tertiary/aromatic N) is 2. The Morgan fingerprint density at radius 3 is 2.80 bits per heavy atom. The number of rotatable bonds is 4. The van der Waals surface area contributed by atoms with Gasteiger partial charge in [-0.1, -0.05) is 0 Å². The molecule has 0 radical (unpaired) electrons. The van der Waals surface area contributed by atoms with Gasteiger partial charge in [0.1, 0.15) is 4.90 Å². The first-order chi connectivity index (χ1) is 9.37. The summed E-state index contributed by atoms with van der Waals surface area (Å²) in [5, 5.41) is 11.2. The smallest absolute Gasteiger partial charge is 0.244 e. The van der Waals surface area contributed by atoms with Crippen LogP contribution < -0.4 is 0 Å². The van der Waals surface area contributed by atoms with E-state index in [1.165, 1.54) is 11.3 Å². The van der Waals surface area contributed by atoms with Gasteiger partial charge >= 0.3 is 0 Å². The average Bonchev–Trinajstić information content (AvgIpc) is 2.80. The number of thiophene rings is 1. The van der Waals surface area contributed by atoms with Crippen LogP contribution in [-0.4, -0.2) is 56.0 Å². The Labute approximate surface area is 124 Å². The summed E-state index contributed by atoms with van der Waals surface area (Å²) in [5.74, 6) is 0. The Morgan fingerprint density at radius 2 is 2.20 bits per heavy atom. The van der Waals surface area contributed by atoms with Crippen LogP contribution in [0.2, 0.25) is 0 Å². The third-order valence-electron chi connectivity index (χ3n) is 3.82. The summed E-state index contributed by atoms with van der Waals surface area (Å²) in [6, 6.07) is 0.259. The van der Waals surface area contributed by atoms with Crippen molar-refractivity contribution < 1.29 is 13.5 Å². The molecule has 1 aliphatic rings. The molecule has 2 heterocycles. The monoisotopic (exact) mass is 318 g/mol. The summed E-state index contributed by atoms with van der Waals surface area (Å²) in [4.78, 5) is 2.92. The van der Waals surface area contributed by atoms with Crippen LogP contribution in [0.3, 0.4) is 0 Å². The first-order valence-corrected chi connectivity index (χ1v) is 9.04. The fourth-order valence-corrected chi connectivity index (χ4v) is 5.76. The molecule has 0 bridgehead atoms. The van der Waals surface area contributed by atoms with E-state index in [1.54, 1.807) is 16.6 Å². The Morgan fingerprint density at radius 1 is 1.50 bits per heavy atom. The summed E-state index contributed by atoms with van der Waals surface area (Å²) < 4.78 is 27.2. The largest absolute Gasteiger partial charge is 0.391 e. The van der Waals surface area contributed by atoms with Crippen LogP contribution in [0, 0.1) is 6.92 Å². The van der Waals surface area contributed by atoms with Crippen molar-refractivity contribution in [3.63, 3.8) is 0 Å². The average molecular weight is 318 g/mol. The second-order valence-corrected chi connectivity index (χ2v) is 8.29. The predicted molar refractivity (Wildman–Crippen MR) is 80.4 cm³/mol. The van der Waals surface area contributed by atoms with Gasteiger partial charge in [-0.25, -0.2) is 8.42 Å². The van der Waals surface area contributed by atoms with Gasteiger partial charge in [-0.05, 0) is 44.8 Å². The first-order valence-electron chi connectivity index (χ1n) is 6.72. The fourth-order valence-electron chi connectivity index (χ4n) is 2.63. The number of hydrogen-bond acceptors (Lipinski definition) is 5. The van der Waals surface area contributed by atoms with E-state index in [9.17, 15) is 13.5 Å². The van der Waals surface area contributed by atoms with E-state index in [0.717, 1.165) is 18.4 Å². The molecule has 5 nitrogen and oxygen atoms in total. The molecule has 1 N–H and O–H groups in total. The van der Waals surface area contributed by atoms with Gasteiger partial charge in [0, 0.05) is 19.1 Å². The van der Waals surface area contributed by atoms with Gasteiger partial charge < -0.3 is 10.0 Å². The quantitative estimate of drug-likeness (QED) is 0.908. The molecule has 7 heteroatoms. The summed E-state index contributed by atoms with van der Waals surface area (Å²) >= 11 is 1.31. The molecule has 114 valence electrons. The topological polar surface area (TPSA) is 60.9 Å². The summed E-state index contributed by atoms with van der Waals surface area (Å²) in [6.07, 6.45) is 1.90. The normalized spacial score (nSPS) is 21.6. The van der Waals surface area contributed by atoms with Crippen LogP contribution in [0.4, 0.5) is 0 Å². The lowest BCUT2D eigenvalue weighted by atomic mass is 10.1. The number of piperidine rings is 1. The highest BCUT2D eigenvalue weighted by atomic mass is 32.2. The third kappa shape index (κ3) is 2.92. The summed E-state index contributed by atoms with van der Waals surface area (Å²) in [6.45, 7) is 2.65. The molecule has 1 unspecified atom stereocenters. The van der Waals surface area contributed by atoms with Crippen LogP contribution in [-0.2, 0) is 16.6 Å². The van der Waals surface area contributed by atoms with Gasteiger partial charge in [-0.2, -0.15) is 4.31 Å². The van der Waals surface area contributed by atoms with E-state index < -0.39 is 10.0 Å². The van der Waals surface area contributed by atoms with E-state index >= 15 is 0 Å². The number of sulfonamides is 1. The lowest BCUT2D eigenvalue weighted by Gasteiger charge is -2.35. The van der Waals surface area contributed by atoms with Crippen LogP contribution in [0.5, 0.6) is 0 Å². The van der Waals surface area contributed by atoms with Crippen molar-refractivity contribution in [3.8, 4) is 0 Å². The minimum Gasteiger partial charge on any atom is -0.391 e. The Kier molecular flexibility index (Phi) is 4.86. The minimum atomic E-state index is -3.50. The van der Waals surface area contributed by atoms with Crippen molar-refractivity contribution in [1.82, 2.24) is 9.21 Å². The molecule has 2 rings (SSSR count). The third-order valence-corrected chi connectivity index (χ3v) is 7.13. The Bertz CT molecular complexity index is 566. The number of aliphatic hydroxyl groups excluding tert-OH is 1. The van der Waals surface area contributed by atoms with E-state index in [-0.39, 0.29) is 12.6 Å². The van der Waals surface area contributed by atoms with Crippen molar-refractivity contribution in [2.75, 3.05) is 27.2 Å². The maximum absolute atomic E-state index is 12.8. The number of aryl methyl sites for hydroxylation is 1. The zero-order valence-electron chi connectivity index (χ0n) is 12.2. The Balaban J connectivity index is 2.32. The fraction of sp³-hybridized carbons (Fsp3) is 0.692. The summed E-state index contributed by atoms with van der Waals surface area (Å²) in [5.41, 5.74) is 0.728. The van der Waals surface area contributed by atoms with Crippen molar-refractivity contribution in [2.24, 2.45) is 0 Å². The molecule has 1 fully saturated rings. The van der Waals surface area contributed by atoms with Crippen molar-refractivity contribution in [2.45, 2.75) is 37.3 Å². The lowest BCUT2D eigenvalue weighted by Crippen LogP contribution is -2.47. The molecule has 0 amide bonds. The molecule has 1 aromatic heterocycles. The SMILES string of the molecule is Cc1csc(CO)c1S(=O)(=O)N1CCCC(N(C)C)C1. The first kappa shape index (κ1) is 15.9. The highest BCUT2D eigenvalue weighted by molar-refractivity contribution is 7.89. The molecule has 0 aliphatic carbocycles. The van der Waals surface area contributed by atoms with Crippen molar-refractivity contribution >= 4 is 21.4 Å². The number of aliphatic hydroxyl groups is 1. The van der Waals surface area contributed by atoms with Gasteiger partial charge in [0.15, 0.2) is 0 Å². The van der Waals surface area contributed by atoms with Crippen LogP contribution in [0.15, 0.2) is 10.3 Å². The van der Waals surface area contributed by atoms with Crippen molar-refractivity contribution in [3.05, 3.63) is 15.8 Å². The van der Waals surface area contributed by atoms with E-state index in [2.05, 4.69) is 4.90 Å². The molecule has 1 aliphatic heterocycles. The molecular formula is C13H22N2O3S2. The highest BCUT2D eigenvalue weighted by Gasteiger charge is 2.33. The minimum absolute atomic E-state index is 0.224. The second kappa shape index (κ2) is 6.11. The standard InChI is InChI=1S/C13H22N2O3S2/c1-10-9-19-12(8-16)13(10)20(17,18)15-6-4-5-11(7-15)14(2)3/h9,11,16H,4-8H2,1-3H3. The van der Waals surface area contributed by atoms with Crippen molar-refractivity contribution in [1.29, 1.82) is 0 Å². The Hall–Kier alpha value is -0.470. The molecule has 0 aromatic carbocycles. The van der Waals surface area contributed by atoms with E-state index in [4.69, 9.17) is 0 Å².